The molecule has 6 heteroatoms. The molecule has 0 bridgehead atoms. The topological polar surface area (TPSA) is 67.4 Å². The summed E-state index contributed by atoms with van der Waals surface area (Å²) < 4.78 is 2.12. The van der Waals surface area contributed by atoms with Crippen LogP contribution < -0.4 is 5.73 Å². The lowest BCUT2D eigenvalue weighted by atomic mass is 9.83. The van der Waals surface area contributed by atoms with E-state index in [1.165, 1.54) is 19.3 Å². The van der Waals surface area contributed by atoms with E-state index in [0.29, 0.717) is 0 Å². The molecule has 2 N–H and O–H groups in total. The Morgan fingerprint density at radius 1 is 1.09 bits per heavy atom. The smallest absolute Gasteiger partial charge is 0.238 e. The fourth-order valence-electron chi connectivity index (χ4n) is 4.08. The molecule has 0 radical (unpaired) electrons. The molecule has 0 aromatic carbocycles. The van der Waals surface area contributed by atoms with Crippen molar-refractivity contribution in [1.82, 2.24) is 19.4 Å². The van der Waals surface area contributed by atoms with Gasteiger partial charge in [-0.25, -0.2) is 4.98 Å². The number of hydrogen-bond acceptors (Lipinski definition) is 4. The Morgan fingerprint density at radius 3 is 2.43 bits per heavy atom. The van der Waals surface area contributed by atoms with Crippen LogP contribution in [-0.2, 0) is 11.3 Å². The first-order valence-electron chi connectivity index (χ1n) is 8.94. The van der Waals surface area contributed by atoms with Gasteiger partial charge in [0.25, 0.3) is 0 Å². The quantitative estimate of drug-likeness (QED) is 0.852. The number of nitrogens with two attached hydrogens (primary N) is 1. The van der Waals surface area contributed by atoms with Crippen LogP contribution in [0.2, 0.25) is 0 Å². The van der Waals surface area contributed by atoms with Crippen molar-refractivity contribution in [2.75, 3.05) is 32.7 Å². The molecule has 0 unspecified atom stereocenters. The number of likely N-dealkylation sites (tertiary alicyclic amines) is 2. The number of imidazole rings is 1. The summed E-state index contributed by atoms with van der Waals surface area (Å²) in [7, 11) is 0. The molecule has 2 aliphatic rings. The fraction of sp³-hybridized carbons (Fsp3) is 0.765. The lowest BCUT2D eigenvalue weighted by Crippen LogP contribution is -2.63. The minimum absolute atomic E-state index is 0.113. The van der Waals surface area contributed by atoms with Gasteiger partial charge in [-0.05, 0) is 51.7 Å². The van der Waals surface area contributed by atoms with Crippen LogP contribution in [0.3, 0.4) is 0 Å². The number of carbonyl (C=O) groups excluding carboxylic acids is 1. The highest BCUT2D eigenvalue weighted by Gasteiger charge is 2.44. The maximum atomic E-state index is 12.2. The predicted molar refractivity (Wildman–Crippen MR) is 89.9 cm³/mol. The lowest BCUT2D eigenvalue weighted by molar-refractivity contribution is -0.135. The number of rotatable bonds is 6. The van der Waals surface area contributed by atoms with Gasteiger partial charge in [-0.1, -0.05) is 6.42 Å². The molecule has 3 rings (SSSR count). The number of aromatic nitrogens is 2. The van der Waals surface area contributed by atoms with E-state index in [9.17, 15) is 4.79 Å². The maximum absolute atomic E-state index is 12.2. The Bertz CT molecular complexity index is 487. The van der Waals surface area contributed by atoms with Gasteiger partial charge in [0.15, 0.2) is 0 Å². The summed E-state index contributed by atoms with van der Waals surface area (Å²) in [4.78, 5) is 21.1. The third kappa shape index (κ3) is 3.75. The van der Waals surface area contributed by atoms with E-state index in [-0.39, 0.29) is 11.4 Å². The molecule has 128 valence electrons. The van der Waals surface area contributed by atoms with Crippen LogP contribution in [0.25, 0.3) is 0 Å². The van der Waals surface area contributed by atoms with Gasteiger partial charge in [0, 0.05) is 32.0 Å². The van der Waals surface area contributed by atoms with Crippen LogP contribution in [0, 0.1) is 0 Å². The summed E-state index contributed by atoms with van der Waals surface area (Å²) in [6.45, 7) is 6.09. The molecule has 0 aliphatic carbocycles. The Morgan fingerprint density at radius 2 is 1.83 bits per heavy atom. The molecule has 0 saturated carbocycles. The molecule has 1 aromatic rings. The Hall–Kier alpha value is -1.40. The molecular formula is C17H29N5O. The van der Waals surface area contributed by atoms with Crippen molar-refractivity contribution in [2.45, 2.75) is 50.6 Å². The van der Waals surface area contributed by atoms with Crippen molar-refractivity contribution >= 4 is 5.91 Å². The van der Waals surface area contributed by atoms with Crippen molar-refractivity contribution in [3.63, 3.8) is 0 Å². The van der Waals surface area contributed by atoms with Crippen LogP contribution in [0.5, 0.6) is 0 Å². The van der Waals surface area contributed by atoms with E-state index < -0.39 is 0 Å². The number of carbonyl (C=O) groups is 1. The summed E-state index contributed by atoms with van der Waals surface area (Å²) >= 11 is 0. The van der Waals surface area contributed by atoms with Crippen molar-refractivity contribution < 1.29 is 4.79 Å². The highest BCUT2D eigenvalue weighted by molar-refractivity contribution is 5.84. The zero-order valence-corrected chi connectivity index (χ0v) is 14.0. The third-order valence-corrected chi connectivity index (χ3v) is 5.55. The third-order valence-electron chi connectivity index (χ3n) is 5.55. The van der Waals surface area contributed by atoms with Crippen LogP contribution in [-0.4, -0.2) is 63.5 Å². The van der Waals surface area contributed by atoms with Gasteiger partial charge >= 0.3 is 0 Å². The second kappa shape index (κ2) is 7.45. The standard InChI is InChI=1S/C17H29N5O/c18-16(23)17(22-10-2-1-3-11-22)5-12-20(13-6-17)8-4-9-21-14-7-19-15-21/h7,14-15H,1-6,8-13H2,(H2,18,23). The molecule has 3 heterocycles. The number of piperidine rings is 2. The van der Waals surface area contributed by atoms with Gasteiger partial charge in [-0.3, -0.25) is 9.69 Å². The Balaban J connectivity index is 1.49. The van der Waals surface area contributed by atoms with Gasteiger partial charge in [0.1, 0.15) is 5.54 Å². The first-order chi connectivity index (χ1) is 11.2. The number of hydrogen-bond donors (Lipinski definition) is 1. The van der Waals surface area contributed by atoms with Gasteiger partial charge in [-0.2, -0.15) is 0 Å². The molecule has 2 aliphatic heterocycles. The summed E-state index contributed by atoms with van der Waals surface area (Å²) in [5.74, 6) is -0.113. The summed E-state index contributed by atoms with van der Waals surface area (Å²) in [5.41, 5.74) is 5.45. The van der Waals surface area contributed by atoms with Gasteiger partial charge in [0.2, 0.25) is 5.91 Å². The van der Waals surface area contributed by atoms with E-state index in [4.69, 9.17) is 5.73 Å². The highest BCUT2D eigenvalue weighted by Crippen LogP contribution is 2.31. The summed E-state index contributed by atoms with van der Waals surface area (Å²) in [5, 5.41) is 0. The Kier molecular flexibility index (Phi) is 5.33. The van der Waals surface area contributed by atoms with Crippen molar-refractivity contribution in [2.24, 2.45) is 5.73 Å². The molecule has 2 saturated heterocycles. The normalized spacial score (nSPS) is 23.0. The van der Waals surface area contributed by atoms with Crippen LogP contribution >= 0.6 is 0 Å². The number of aryl methyl sites for hydroxylation is 1. The van der Waals surface area contributed by atoms with Crippen LogP contribution in [0.1, 0.15) is 38.5 Å². The van der Waals surface area contributed by atoms with E-state index in [2.05, 4.69) is 19.4 Å². The predicted octanol–water partition coefficient (Wildman–Crippen LogP) is 1.08. The number of amides is 1. The fourth-order valence-corrected chi connectivity index (χ4v) is 4.08. The largest absolute Gasteiger partial charge is 0.368 e. The molecule has 0 atom stereocenters. The molecule has 0 spiro atoms. The van der Waals surface area contributed by atoms with Crippen molar-refractivity contribution in [3.05, 3.63) is 18.7 Å². The molecule has 6 nitrogen and oxygen atoms in total. The van der Waals surface area contributed by atoms with Gasteiger partial charge < -0.3 is 15.2 Å². The first kappa shape index (κ1) is 16.5. The van der Waals surface area contributed by atoms with E-state index in [0.717, 1.165) is 58.5 Å². The zero-order chi connectivity index (χ0) is 16.1. The van der Waals surface area contributed by atoms with Gasteiger partial charge in [0.05, 0.1) is 6.33 Å². The van der Waals surface area contributed by atoms with Gasteiger partial charge in [-0.15, -0.1) is 0 Å². The molecule has 1 amide bonds. The van der Waals surface area contributed by atoms with Crippen LogP contribution in [0.4, 0.5) is 0 Å². The second-order valence-corrected chi connectivity index (χ2v) is 6.94. The first-order valence-corrected chi connectivity index (χ1v) is 8.94. The Labute approximate surface area is 138 Å². The average Bonchev–Trinajstić information content (AvgIpc) is 3.09. The van der Waals surface area contributed by atoms with E-state index in [1.54, 1.807) is 0 Å². The minimum atomic E-state index is -0.388. The summed E-state index contributed by atoms with van der Waals surface area (Å²) in [6.07, 6.45) is 12.2. The number of primary amides is 1. The van der Waals surface area contributed by atoms with Crippen molar-refractivity contribution in [3.8, 4) is 0 Å². The molecule has 2 fully saturated rings. The molecular weight excluding hydrogens is 290 g/mol. The average molecular weight is 319 g/mol. The van der Waals surface area contributed by atoms with Crippen molar-refractivity contribution in [1.29, 1.82) is 0 Å². The molecule has 23 heavy (non-hydrogen) atoms. The minimum Gasteiger partial charge on any atom is -0.368 e. The van der Waals surface area contributed by atoms with E-state index in [1.807, 2.05) is 18.7 Å². The monoisotopic (exact) mass is 319 g/mol. The summed E-state index contributed by atoms with van der Waals surface area (Å²) in [6, 6.07) is 0. The van der Waals surface area contributed by atoms with Crippen LogP contribution in [0.15, 0.2) is 18.7 Å². The molecule has 1 aromatic heterocycles. The second-order valence-electron chi connectivity index (χ2n) is 6.94. The zero-order valence-electron chi connectivity index (χ0n) is 14.0. The number of nitrogens with zero attached hydrogens (tertiary/aromatic N) is 4. The van der Waals surface area contributed by atoms with E-state index >= 15 is 0 Å². The SMILES string of the molecule is NC(=O)C1(N2CCCCC2)CCN(CCCn2ccnc2)CC1. The lowest BCUT2D eigenvalue weighted by Gasteiger charge is -2.48. The maximum Gasteiger partial charge on any atom is 0.238 e. The highest BCUT2D eigenvalue weighted by atomic mass is 16.1.